The number of nitrogens with one attached hydrogen (secondary N) is 1. The van der Waals surface area contributed by atoms with Crippen LogP contribution in [0.25, 0.3) is 11.2 Å². The SMILES string of the molecule is O=c1[nH]cnc2c1ncn2[C@@H]1C[C@H](OCc2ccccc2)[C@H](COCc2ccccc2)S1. The van der Waals surface area contributed by atoms with Crippen molar-refractivity contribution in [3.63, 3.8) is 0 Å². The smallest absolute Gasteiger partial charge is 0.278 e. The average Bonchev–Trinajstić information content (AvgIpc) is 3.44. The van der Waals surface area contributed by atoms with Gasteiger partial charge >= 0.3 is 0 Å². The predicted molar refractivity (Wildman–Crippen MR) is 124 cm³/mol. The molecule has 3 atom stereocenters. The van der Waals surface area contributed by atoms with Crippen LogP contribution in [0, 0.1) is 0 Å². The Hall–Kier alpha value is -2.94. The van der Waals surface area contributed by atoms with Gasteiger partial charge < -0.3 is 19.0 Å². The van der Waals surface area contributed by atoms with Crippen molar-refractivity contribution < 1.29 is 9.47 Å². The molecule has 4 aromatic rings. The average molecular weight is 449 g/mol. The van der Waals surface area contributed by atoms with Gasteiger partial charge in [-0.1, -0.05) is 60.7 Å². The van der Waals surface area contributed by atoms with Crippen LogP contribution in [0.1, 0.15) is 22.9 Å². The maximum absolute atomic E-state index is 12.0. The first kappa shape index (κ1) is 20.9. The summed E-state index contributed by atoms with van der Waals surface area (Å²) in [7, 11) is 0. The lowest BCUT2D eigenvalue weighted by atomic mass is 10.1. The highest BCUT2D eigenvalue weighted by molar-refractivity contribution is 8.00. The van der Waals surface area contributed by atoms with Crippen molar-refractivity contribution in [2.45, 2.75) is 36.4 Å². The number of H-pyrrole nitrogens is 1. The number of hydrogen-bond donors (Lipinski definition) is 1. The standard InChI is InChI=1S/C24H24N4O3S/c29-24-22-23(25-15-26-24)28(16-27-22)21-11-19(31-13-18-9-5-2-6-10-18)20(32-21)14-30-12-17-7-3-1-4-8-17/h1-10,15-16,19-21H,11-14H2,(H,25,26,29)/t19-,20-,21-/m0/s1. The van der Waals surface area contributed by atoms with Gasteiger partial charge in [-0.05, 0) is 11.1 Å². The Labute approximate surface area is 189 Å². The number of thioether (sulfide) groups is 1. The van der Waals surface area contributed by atoms with Crippen LogP contribution in [0.3, 0.4) is 0 Å². The van der Waals surface area contributed by atoms with Crippen LogP contribution in [-0.2, 0) is 22.7 Å². The van der Waals surface area contributed by atoms with Crippen molar-refractivity contribution in [3.8, 4) is 0 Å². The third kappa shape index (κ3) is 4.62. The number of hydrogen-bond acceptors (Lipinski definition) is 6. The van der Waals surface area contributed by atoms with E-state index in [4.69, 9.17) is 9.47 Å². The molecule has 0 radical (unpaired) electrons. The molecule has 7 nitrogen and oxygen atoms in total. The van der Waals surface area contributed by atoms with Crippen LogP contribution < -0.4 is 5.56 Å². The molecule has 1 aliphatic heterocycles. The summed E-state index contributed by atoms with van der Waals surface area (Å²) in [6.45, 7) is 1.70. The van der Waals surface area contributed by atoms with Crippen LogP contribution in [-0.4, -0.2) is 37.5 Å². The fourth-order valence-corrected chi connectivity index (χ4v) is 5.44. The van der Waals surface area contributed by atoms with Crippen molar-refractivity contribution in [3.05, 3.63) is 94.8 Å². The Bertz CT molecular complexity index is 1210. The molecule has 0 saturated carbocycles. The first-order valence-electron chi connectivity index (χ1n) is 10.6. The number of fused-ring (bicyclic) bond motifs is 1. The van der Waals surface area contributed by atoms with Gasteiger partial charge in [0.05, 0.1) is 49.2 Å². The molecule has 0 amide bonds. The molecule has 0 spiro atoms. The van der Waals surface area contributed by atoms with Crippen molar-refractivity contribution in [1.82, 2.24) is 19.5 Å². The Morgan fingerprint density at radius 3 is 2.47 bits per heavy atom. The quantitative estimate of drug-likeness (QED) is 0.440. The zero-order valence-electron chi connectivity index (χ0n) is 17.5. The van der Waals surface area contributed by atoms with E-state index in [-0.39, 0.29) is 22.3 Å². The van der Waals surface area contributed by atoms with Crippen LogP contribution >= 0.6 is 11.8 Å². The molecule has 32 heavy (non-hydrogen) atoms. The zero-order chi connectivity index (χ0) is 21.8. The minimum atomic E-state index is -0.226. The molecule has 1 N–H and O–H groups in total. The Morgan fingerprint density at radius 1 is 1.00 bits per heavy atom. The molecule has 164 valence electrons. The number of imidazole rings is 1. The Balaban J connectivity index is 1.31. The molecule has 0 unspecified atom stereocenters. The molecule has 0 aliphatic carbocycles. The second-order valence-electron chi connectivity index (χ2n) is 7.76. The largest absolute Gasteiger partial charge is 0.376 e. The van der Waals surface area contributed by atoms with Gasteiger partial charge in [0.1, 0.15) is 0 Å². The first-order valence-corrected chi connectivity index (χ1v) is 11.5. The lowest BCUT2D eigenvalue weighted by Gasteiger charge is -2.19. The van der Waals surface area contributed by atoms with Crippen LogP contribution in [0.5, 0.6) is 0 Å². The van der Waals surface area contributed by atoms with E-state index in [9.17, 15) is 4.79 Å². The number of ether oxygens (including phenoxy) is 2. The number of benzene rings is 2. The minimum absolute atomic E-state index is 0.0143. The summed E-state index contributed by atoms with van der Waals surface area (Å²) in [6, 6.07) is 20.3. The molecule has 2 aromatic heterocycles. The predicted octanol–water partition coefficient (Wildman–Crippen LogP) is 3.93. The summed E-state index contributed by atoms with van der Waals surface area (Å²) in [4.78, 5) is 23.3. The lowest BCUT2D eigenvalue weighted by Crippen LogP contribution is -2.26. The van der Waals surface area contributed by atoms with Crippen molar-refractivity contribution in [2.24, 2.45) is 0 Å². The van der Waals surface area contributed by atoms with Crippen molar-refractivity contribution in [1.29, 1.82) is 0 Å². The third-order valence-electron chi connectivity index (χ3n) is 5.56. The number of aromatic nitrogens is 4. The van der Waals surface area contributed by atoms with Gasteiger partial charge in [-0.3, -0.25) is 4.79 Å². The van der Waals surface area contributed by atoms with Crippen molar-refractivity contribution >= 4 is 22.9 Å². The van der Waals surface area contributed by atoms with E-state index in [1.165, 1.54) is 6.33 Å². The van der Waals surface area contributed by atoms with Gasteiger partial charge in [-0.15, -0.1) is 11.8 Å². The summed E-state index contributed by atoms with van der Waals surface area (Å²) in [5.41, 5.74) is 3.03. The van der Waals surface area contributed by atoms with E-state index < -0.39 is 0 Å². The van der Waals surface area contributed by atoms with Gasteiger partial charge in [-0.2, -0.15) is 0 Å². The number of aromatic amines is 1. The second kappa shape index (κ2) is 9.68. The van der Waals surface area contributed by atoms with Crippen LogP contribution in [0.15, 0.2) is 78.1 Å². The van der Waals surface area contributed by atoms with E-state index >= 15 is 0 Å². The number of nitrogens with zero attached hydrogens (tertiary/aromatic N) is 3. The Kier molecular flexibility index (Phi) is 6.34. The van der Waals surface area contributed by atoms with E-state index in [2.05, 4.69) is 39.2 Å². The molecule has 0 bridgehead atoms. The monoisotopic (exact) mass is 448 g/mol. The molecule has 1 aliphatic rings. The van der Waals surface area contributed by atoms with Gasteiger partial charge in [0.2, 0.25) is 0 Å². The van der Waals surface area contributed by atoms with Crippen molar-refractivity contribution in [2.75, 3.05) is 6.61 Å². The lowest BCUT2D eigenvalue weighted by molar-refractivity contribution is 0.0137. The summed E-state index contributed by atoms with van der Waals surface area (Å²) < 4.78 is 14.4. The van der Waals surface area contributed by atoms with Gasteiger partial charge in [0.25, 0.3) is 5.56 Å². The second-order valence-corrected chi connectivity index (χ2v) is 9.18. The van der Waals surface area contributed by atoms with E-state index in [1.807, 2.05) is 41.0 Å². The number of rotatable bonds is 8. The van der Waals surface area contributed by atoms with Gasteiger partial charge in [0, 0.05) is 6.42 Å². The minimum Gasteiger partial charge on any atom is -0.376 e. The van der Waals surface area contributed by atoms with Gasteiger partial charge in [-0.25, -0.2) is 9.97 Å². The Morgan fingerprint density at radius 2 is 1.72 bits per heavy atom. The molecule has 8 heteroatoms. The fraction of sp³-hybridized carbons (Fsp3) is 0.292. The first-order chi connectivity index (χ1) is 15.8. The summed E-state index contributed by atoms with van der Waals surface area (Å²) in [5, 5.41) is 0.229. The molecular formula is C24H24N4O3S. The van der Waals surface area contributed by atoms with Gasteiger partial charge in [0.15, 0.2) is 11.2 Å². The normalized spacial score (nSPS) is 20.7. The van der Waals surface area contributed by atoms with Crippen LogP contribution in [0.2, 0.25) is 0 Å². The highest BCUT2D eigenvalue weighted by Gasteiger charge is 2.37. The van der Waals surface area contributed by atoms with E-state index in [0.717, 1.165) is 17.5 Å². The molecule has 5 rings (SSSR count). The highest BCUT2D eigenvalue weighted by Crippen LogP contribution is 2.44. The molecular weight excluding hydrogens is 424 g/mol. The van der Waals surface area contributed by atoms with E-state index in [1.54, 1.807) is 18.1 Å². The third-order valence-corrected chi connectivity index (χ3v) is 7.08. The zero-order valence-corrected chi connectivity index (χ0v) is 18.3. The molecule has 3 heterocycles. The van der Waals surface area contributed by atoms with Crippen LogP contribution in [0.4, 0.5) is 0 Å². The summed E-state index contributed by atoms with van der Waals surface area (Å²) in [6.07, 6.45) is 3.93. The maximum Gasteiger partial charge on any atom is 0.278 e. The molecule has 1 fully saturated rings. The summed E-state index contributed by atoms with van der Waals surface area (Å²) in [5.74, 6) is 0. The topological polar surface area (TPSA) is 82.0 Å². The maximum atomic E-state index is 12.0. The fourth-order valence-electron chi connectivity index (χ4n) is 3.92. The van der Waals surface area contributed by atoms with E-state index in [0.29, 0.717) is 31.0 Å². The molecule has 2 aromatic carbocycles. The highest BCUT2D eigenvalue weighted by atomic mass is 32.2. The molecule has 1 saturated heterocycles. The summed E-state index contributed by atoms with van der Waals surface area (Å²) >= 11 is 1.79.